The Bertz CT molecular complexity index is 925. The molecule has 0 aromatic heterocycles. The molecule has 0 aliphatic heterocycles. The van der Waals surface area contributed by atoms with Gasteiger partial charge in [-0.25, -0.2) is 17.5 Å². The topological polar surface area (TPSA) is 63.7 Å². The van der Waals surface area contributed by atoms with Gasteiger partial charge in [0.15, 0.2) is 0 Å². The lowest BCUT2D eigenvalue weighted by atomic mass is 9.86. The van der Waals surface area contributed by atoms with Gasteiger partial charge in [0.1, 0.15) is 5.75 Å². The lowest BCUT2D eigenvalue weighted by Crippen LogP contribution is -2.22. The smallest absolute Gasteiger partial charge is 0.343 e. The number of hydrogen-bond acceptors (Lipinski definition) is 4. The maximum Gasteiger partial charge on any atom is 0.343 e. The van der Waals surface area contributed by atoms with Crippen molar-refractivity contribution in [3.63, 3.8) is 0 Å². The summed E-state index contributed by atoms with van der Waals surface area (Å²) in [6.45, 7) is 8.23. The first-order valence-corrected chi connectivity index (χ1v) is 9.73. The zero-order valence-corrected chi connectivity index (χ0v) is 16.8. The minimum absolute atomic E-state index is 0.00215. The average Bonchev–Trinajstić information content (AvgIpc) is 2.55. The fourth-order valence-corrected chi connectivity index (χ4v) is 3.33. The van der Waals surface area contributed by atoms with E-state index in [-0.39, 0.29) is 15.9 Å². The third kappa shape index (κ3) is 4.31. The third-order valence-corrected chi connectivity index (χ3v) is 5.90. The predicted molar refractivity (Wildman–Crippen MR) is 102 cm³/mol. The van der Waals surface area contributed by atoms with Crippen molar-refractivity contribution in [1.82, 2.24) is 4.31 Å². The summed E-state index contributed by atoms with van der Waals surface area (Å²) in [6.07, 6.45) is 0. The maximum absolute atomic E-state index is 12.5. The van der Waals surface area contributed by atoms with Gasteiger partial charge in [-0.15, -0.1) is 0 Å². The first-order chi connectivity index (χ1) is 11.9. The predicted octanol–water partition coefficient (Wildman–Crippen LogP) is 3.76. The lowest BCUT2D eigenvalue weighted by molar-refractivity contribution is 0.0733. The monoisotopic (exact) mass is 375 g/mol. The highest BCUT2D eigenvalue weighted by atomic mass is 32.2. The van der Waals surface area contributed by atoms with Crippen molar-refractivity contribution in [2.45, 2.75) is 38.0 Å². The first-order valence-electron chi connectivity index (χ1n) is 8.29. The van der Waals surface area contributed by atoms with Crippen LogP contribution in [0.4, 0.5) is 0 Å². The highest BCUT2D eigenvalue weighted by molar-refractivity contribution is 7.89. The Labute approximate surface area is 155 Å². The molecule has 2 aromatic carbocycles. The molecule has 0 spiro atoms. The normalized spacial score (nSPS) is 12.3. The van der Waals surface area contributed by atoms with Gasteiger partial charge in [0.2, 0.25) is 10.0 Å². The standard InChI is InChI=1S/C20H25NO4S/c1-14-12-16(20(2,3)4)10-11-18(14)25-19(22)15-8-7-9-17(13-15)26(23,24)21(5)6/h7-13H,1-6H3. The van der Waals surface area contributed by atoms with Crippen LogP contribution in [0.5, 0.6) is 5.75 Å². The van der Waals surface area contributed by atoms with Crippen LogP contribution in [0, 0.1) is 6.92 Å². The van der Waals surface area contributed by atoms with Gasteiger partial charge >= 0.3 is 5.97 Å². The van der Waals surface area contributed by atoms with Crippen molar-refractivity contribution < 1.29 is 17.9 Å². The van der Waals surface area contributed by atoms with Crippen molar-refractivity contribution >= 4 is 16.0 Å². The number of sulfonamides is 1. The highest BCUT2D eigenvalue weighted by Crippen LogP contribution is 2.28. The molecule has 0 saturated carbocycles. The SMILES string of the molecule is Cc1cc(C(C)(C)C)ccc1OC(=O)c1cccc(S(=O)(=O)N(C)C)c1. The van der Waals surface area contributed by atoms with Crippen LogP contribution >= 0.6 is 0 Å². The van der Waals surface area contributed by atoms with Crippen molar-refractivity contribution in [3.8, 4) is 5.75 Å². The van der Waals surface area contributed by atoms with E-state index < -0.39 is 16.0 Å². The van der Waals surface area contributed by atoms with Crippen molar-refractivity contribution in [3.05, 3.63) is 59.2 Å². The highest BCUT2D eigenvalue weighted by Gasteiger charge is 2.20. The number of benzene rings is 2. The molecule has 5 nitrogen and oxygen atoms in total. The second kappa shape index (κ2) is 7.21. The quantitative estimate of drug-likeness (QED) is 0.603. The summed E-state index contributed by atoms with van der Waals surface area (Å²) in [6, 6.07) is 11.6. The molecule has 0 bridgehead atoms. The first kappa shape index (κ1) is 20.1. The molecule has 0 aliphatic carbocycles. The van der Waals surface area contributed by atoms with E-state index in [1.165, 1.54) is 38.4 Å². The second-order valence-electron chi connectivity index (χ2n) is 7.44. The Kier molecular flexibility index (Phi) is 5.58. The summed E-state index contributed by atoms with van der Waals surface area (Å²) in [5.41, 5.74) is 2.19. The molecular weight excluding hydrogens is 350 g/mol. The zero-order valence-electron chi connectivity index (χ0n) is 16.0. The van der Waals surface area contributed by atoms with Crippen LogP contribution in [-0.2, 0) is 15.4 Å². The molecule has 6 heteroatoms. The van der Waals surface area contributed by atoms with Crippen molar-refractivity contribution in [2.75, 3.05) is 14.1 Å². The number of aryl methyl sites for hydroxylation is 1. The van der Waals surface area contributed by atoms with Crippen LogP contribution in [-0.4, -0.2) is 32.8 Å². The van der Waals surface area contributed by atoms with Gasteiger partial charge in [0.05, 0.1) is 10.5 Å². The van der Waals surface area contributed by atoms with Gasteiger partial charge in [-0.2, -0.15) is 0 Å². The Hall–Kier alpha value is -2.18. The Morgan fingerprint density at radius 1 is 1.04 bits per heavy atom. The van der Waals surface area contributed by atoms with E-state index in [9.17, 15) is 13.2 Å². The summed E-state index contributed by atoms with van der Waals surface area (Å²) in [4.78, 5) is 12.5. The number of rotatable bonds is 4. The molecule has 2 rings (SSSR count). The van der Waals surface area contributed by atoms with Gasteiger partial charge in [0, 0.05) is 14.1 Å². The largest absolute Gasteiger partial charge is 0.423 e. The van der Waals surface area contributed by atoms with Gasteiger partial charge in [-0.3, -0.25) is 0 Å². The van der Waals surface area contributed by atoms with Gasteiger partial charge < -0.3 is 4.74 Å². The van der Waals surface area contributed by atoms with Crippen molar-refractivity contribution in [1.29, 1.82) is 0 Å². The molecule has 2 aromatic rings. The van der Waals surface area contributed by atoms with E-state index in [4.69, 9.17) is 4.74 Å². The molecule has 26 heavy (non-hydrogen) atoms. The van der Waals surface area contributed by atoms with Crippen LogP contribution in [0.3, 0.4) is 0 Å². The van der Waals surface area contributed by atoms with Crippen LogP contribution in [0.15, 0.2) is 47.4 Å². The number of esters is 1. The van der Waals surface area contributed by atoms with Gasteiger partial charge in [0.25, 0.3) is 0 Å². The van der Waals surface area contributed by atoms with Gasteiger partial charge in [-0.1, -0.05) is 39.0 Å². The average molecular weight is 375 g/mol. The molecule has 140 valence electrons. The second-order valence-corrected chi connectivity index (χ2v) is 9.59. The number of carbonyl (C=O) groups excluding carboxylic acids is 1. The lowest BCUT2D eigenvalue weighted by Gasteiger charge is -2.20. The molecule has 0 fully saturated rings. The number of carbonyl (C=O) groups is 1. The zero-order chi connectivity index (χ0) is 19.7. The molecular formula is C20H25NO4S. The van der Waals surface area contributed by atoms with E-state index in [2.05, 4.69) is 20.8 Å². The summed E-state index contributed by atoms with van der Waals surface area (Å²) in [5.74, 6) is -0.128. The summed E-state index contributed by atoms with van der Waals surface area (Å²) in [5, 5.41) is 0. The molecule has 0 aliphatic rings. The van der Waals surface area contributed by atoms with E-state index in [1.54, 1.807) is 6.07 Å². The summed E-state index contributed by atoms with van der Waals surface area (Å²) >= 11 is 0. The minimum atomic E-state index is -3.61. The molecule has 0 radical (unpaired) electrons. The van der Waals surface area contributed by atoms with E-state index >= 15 is 0 Å². The fourth-order valence-electron chi connectivity index (χ4n) is 2.38. The van der Waals surface area contributed by atoms with Crippen molar-refractivity contribution in [2.24, 2.45) is 0 Å². The molecule has 0 N–H and O–H groups in total. The van der Waals surface area contributed by atoms with Crippen LogP contribution in [0.1, 0.15) is 42.3 Å². The molecule has 0 amide bonds. The minimum Gasteiger partial charge on any atom is -0.423 e. The number of ether oxygens (including phenoxy) is 1. The maximum atomic E-state index is 12.5. The van der Waals surface area contributed by atoms with Crippen LogP contribution in [0.25, 0.3) is 0 Å². The summed E-state index contributed by atoms with van der Waals surface area (Å²) in [7, 11) is -0.721. The summed E-state index contributed by atoms with van der Waals surface area (Å²) < 4.78 is 31.0. The molecule has 0 saturated heterocycles. The van der Waals surface area contributed by atoms with Crippen LogP contribution < -0.4 is 4.74 Å². The third-order valence-electron chi connectivity index (χ3n) is 4.09. The van der Waals surface area contributed by atoms with E-state index in [0.29, 0.717) is 5.75 Å². The molecule has 0 unspecified atom stereocenters. The fraction of sp³-hybridized carbons (Fsp3) is 0.350. The van der Waals surface area contributed by atoms with Crippen LogP contribution in [0.2, 0.25) is 0 Å². The Balaban J connectivity index is 2.29. The number of hydrogen-bond donors (Lipinski definition) is 0. The van der Waals surface area contributed by atoms with E-state index in [0.717, 1.165) is 15.4 Å². The molecule has 0 heterocycles. The molecule has 0 atom stereocenters. The van der Waals surface area contributed by atoms with Gasteiger partial charge in [-0.05, 0) is 47.7 Å². The number of nitrogens with zero attached hydrogens (tertiary/aromatic N) is 1. The Morgan fingerprint density at radius 2 is 1.69 bits per heavy atom. The Morgan fingerprint density at radius 3 is 2.23 bits per heavy atom. The van der Waals surface area contributed by atoms with E-state index in [1.807, 2.05) is 19.1 Å².